The van der Waals surface area contributed by atoms with Gasteiger partial charge in [0, 0.05) is 127 Å². The molecule has 9 N–H and O–H groups in total. The number of carbonyl (C=O) groups is 3. The smallest absolute Gasteiger partial charge is 0.257 e. The fraction of sp³-hybridized carbons (Fsp3) is 0.417. The summed E-state index contributed by atoms with van der Waals surface area (Å²) < 4.78 is 11.6. The first-order valence-electron chi connectivity index (χ1n) is 34.6. The van der Waals surface area contributed by atoms with Crippen molar-refractivity contribution in [3.63, 3.8) is 0 Å². The molecule has 1 unspecified atom stereocenters. The SMILES string of the molecule is CNc1cc(-c2cn(C3CC3)c3ncccc23)nc2c(C(=O)NC3CCC[C@]3(C)O)cnn12.CNc1cc(-c2cn(C3CC3)c3ncccc23)nc2c(C(=O)N[C@@H]3CCC[C@@]3(C)O)cnn12.CNc1cc(-c2cn(C3CC3)c3ncccc23)nc2c(C(=O)N[C@H]3CCC[C@]3(C)O)cnn12. The van der Waals surface area contributed by atoms with Crippen molar-refractivity contribution in [2.24, 2.45) is 0 Å². The molecule has 0 saturated heterocycles. The van der Waals surface area contributed by atoms with Crippen LogP contribution in [-0.2, 0) is 0 Å². The second-order valence-corrected chi connectivity index (χ2v) is 28.2. The van der Waals surface area contributed by atoms with Crippen molar-refractivity contribution in [2.45, 2.75) is 170 Å². The molecule has 27 heteroatoms. The number of nitrogens with one attached hydrogen (secondary N) is 6. The lowest BCUT2D eigenvalue weighted by atomic mass is 10.0. The van der Waals surface area contributed by atoms with Crippen molar-refractivity contribution in [3.8, 4) is 33.8 Å². The minimum atomic E-state index is -0.898. The molecule has 6 atom stereocenters. The number of amides is 3. The van der Waals surface area contributed by atoms with Crippen LogP contribution >= 0.6 is 0 Å². The molecule has 3 amide bonds. The van der Waals surface area contributed by atoms with Crippen molar-refractivity contribution >= 4 is 85.2 Å². The number of pyridine rings is 3. The van der Waals surface area contributed by atoms with Crippen molar-refractivity contribution in [1.82, 2.24) is 88.4 Å². The first-order chi connectivity index (χ1) is 47.9. The lowest BCUT2D eigenvalue weighted by Crippen LogP contribution is -2.47. The molecule has 0 aliphatic heterocycles. The van der Waals surface area contributed by atoms with Crippen molar-refractivity contribution in [1.29, 1.82) is 0 Å². The Morgan fingerprint density at radius 2 is 0.707 bits per heavy atom. The lowest BCUT2D eigenvalue weighted by Gasteiger charge is -2.26. The van der Waals surface area contributed by atoms with Crippen LogP contribution in [0.2, 0.25) is 0 Å². The molecule has 0 aromatic carbocycles. The molecular formula is C72H81N21O6. The maximum Gasteiger partial charge on any atom is 0.257 e. The molecule has 6 aliphatic rings. The van der Waals surface area contributed by atoms with Crippen LogP contribution in [0.1, 0.15) is 166 Å². The third-order valence-corrected chi connectivity index (χ3v) is 21.0. The number of carbonyl (C=O) groups excluding carboxylic acids is 3. The zero-order valence-electron chi connectivity index (χ0n) is 56.2. The van der Waals surface area contributed by atoms with E-state index in [4.69, 9.17) is 15.0 Å². The number of fused-ring (bicyclic) bond motifs is 6. The zero-order chi connectivity index (χ0) is 68.2. The molecule has 6 saturated carbocycles. The normalized spacial score (nSPS) is 22.8. The van der Waals surface area contributed by atoms with E-state index < -0.39 is 16.8 Å². The summed E-state index contributed by atoms with van der Waals surface area (Å²) in [6.07, 6.45) is 30.4. The molecule has 510 valence electrons. The number of anilines is 3. The largest absolute Gasteiger partial charge is 0.388 e. The first-order valence-corrected chi connectivity index (χ1v) is 34.6. The summed E-state index contributed by atoms with van der Waals surface area (Å²) in [4.78, 5) is 68.0. The van der Waals surface area contributed by atoms with Crippen molar-refractivity contribution < 1.29 is 29.7 Å². The van der Waals surface area contributed by atoms with E-state index >= 15 is 0 Å². The van der Waals surface area contributed by atoms with Crippen LogP contribution in [0.4, 0.5) is 17.5 Å². The fourth-order valence-electron chi connectivity index (χ4n) is 14.9. The highest BCUT2D eigenvalue weighted by Gasteiger charge is 2.41. The summed E-state index contributed by atoms with van der Waals surface area (Å²) >= 11 is 0. The van der Waals surface area contributed by atoms with Crippen LogP contribution in [0, 0.1) is 0 Å². The second kappa shape index (κ2) is 24.6. The van der Waals surface area contributed by atoms with Gasteiger partial charge in [-0.05, 0) is 153 Å². The van der Waals surface area contributed by atoms with Gasteiger partial charge in [-0.25, -0.2) is 29.9 Å². The number of rotatable bonds is 15. The number of aromatic nitrogens is 15. The van der Waals surface area contributed by atoms with E-state index in [9.17, 15) is 29.7 Å². The Morgan fingerprint density at radius 1 is 0.424 bits per heavy atom. The highest BCUT2D eigenvalue weighted by Crippen LogP contribution is 2.45. The van der Waals surface area contributed by atoms with Crippen LogP contribution in [0.25, 0.3) is 83.8 Å². The molecule has 6 aliphatic carbocycles. The average molecular weight is 1340 g/mol. The van der Waals surface area contributed by atoms with E-state index in [1.165, 1.54) is 0 Å². The molecular weight excluding hydrogens is 1250 g/mol. The summed E-state index contributed by atoms with van der Waals surface area (Å²) in [6, 6.07) is 18.4. The molecule has 27 nitrogen and oxygen atoms in total. The van der Waals surface area contributed by atoms with E-state index in [0.717, 1.165) is 161 Å². The maximum absolute atomic E-state index is 13.2. The van der Waals surface area contributed by atoms with Gasteiger partial charge in [0.25, 0.3) is 17.7 Å². The summed E-state index contributed by atoms with van der Waals surface area (Å²) in [5.74, 6) is 1.39. The van der Waals surface area contributed by atoms with Crippen molar-refractivity contribution in [2.75, 3.05) is 37.1 Å². The number of aliphatic hydroxyl groups is 3. The van der Waals surface area contributed by atoms with Gasteiger partial charge < -0.3 is 60.9 Å². The van der Waals surface area contributed by atoms with E-state index in [0.29, 0.717) is 71.0 Å². The Kier molecular flexibility index (Phi) is 15.7. The van der Waals surface area contributed by atoms with Crippen LogP contribution in [0.5, 0.6) is 0 Å². The molecule has 99 heavy (non-hydrogen) atoms. The van der Waals surface area contributed by atoms with Gasteiger partial charge in [0.15, 0.2) is 16.9 Å². The summed E-state index contributed by atoms with van der Waals surface area (Å²) in [6.45, 7) is 5.33. The number of nitrogens with zero attached hydrogens (tertiary/aromatic N) is 15. The van der Waals surface area contributed by atoms with Gasteiger partial charge in [-0.2, -0.15) is 28.8 Å². The van der Waals surface area contributed by atoms with Gasteiger partial charge in [0.2, 0.25) is 0 Å². The van der Waals surface area contributed by atoms with Gasteiger partial charge in [0.1, 0.15) is 51.1 Å². The third kappa shape index (κ3) is 11.6. The third-order valence-electron chi connectivity index (χ3n) is 21.0. The van der Waals surface area contributed by atoms with E-state index in [-0.39, 0.29) is 35.8 Å². The molecule has 0 spiro atoms. The Bertz CT molecular complexity index is 4650. The van der Waals surface area contributed by atoms with Gasteiger partial charge in [0.05, 0.1) is 70.6 Å². The van der Waals surface area contributed by atoms with Gasteiger partial charge in [-0.1, -0.05) is 0 Å². The monoisotopic (exact) mass is 1340 g/mol. The minimum Gasteiger partial charge on any atom is -0.388 e. The number of hydrogen-bond acceptors (Lipinski definition) is 18. The first kappa shape index (κ1) is 63.4. The highest BCUT2D eigenvalue weighted by molar-refractivity contribution is 6.03. The molecule has 12 aromatic heterocycles. The van der Waals surface area contributed by atoms with Gasteiger partial charge in [-0.3, -0.25) is 14.4 Å². The molecule has 18 rings (SSSR count). The van der Waals surface area contributed by atoms with Gasteiger partial charge >= 0.3 is 0 Å². The molecule has 0 radical (unpaired) electrons. The fourth-order valence-corrected chi connectivity index (χ4v) is 14.9. The summed E-state index contributed by atoms with van der Waals surface area (Å²) in [7, 11) is 5.47. The van der Waals surface area contributed by atoms with Crippen LogP contribution in [-0.4, -0.2) is 162 Å². The van der Waals surface area contributed by atoms with E-state index in [2.05, 4.69) is 113 Å². The molecule has 6 fully saturated rings. The summed E-state index contributed by atoms with van der Waals surface area (Å²) in [5, 5.41) is 66.6. The Hall–Kier alpha value is -10.4. The lowest BCUT2D eigenvalue weighted by molar-refractivity contribution is 0.0367. The highest BCUT2D eigenvalue weighted by atomic mass is 16.3. The topological polar surface area (TPSA) is 328 Å². The molecule has 12 aromatic rings. The Balaban J connectivity index is 0.000000116. The van der Waals surface area contributed by atoms with Crippen LogP contribution in [0.3, 0.4) is 0 Å². The van der Waals surface area contributed by atoms with Crippen molar-refractivity contribution in [3.05, 3.63) is 127 Å². The van der Waals surface area contributed by atoms with E-state index in [1.54, 1.807) is 52.9 Å². The summed E-state index contributed by atoms with van der Waals surface area (Å²) in [5.41, 5.74) is 7.98. The average Bonchev–Trinajstić information content (AvgIpc) is 1.60. The second-order valence-electron chi connectivity index (χ2n) is 28.2. The predicted octanol–water partition coefficient (Wildman–Crippen LogP) is 9.47. The van der Waals surface area contributed by atoms with E-state index in [1.807, 2.05) is 76.1 Å². The quantitative estimate of drug-likeness (QED) is 0.0461. The van der Waals surface area contributed by atoms with Crippen LogP contribution < -0.4 is 31.9 Å². The van der Waals surface area contributed by atoms with Crippen LogP contribution in [0.15, 0.2) is 110 Å². The predicted molar refractivity (Wildman–Crippen MR) is 376 cm³/mol. The zero-order valence-corrected chi connectivity index (χ0v) is 56.2. The number of hydrogen-bond donors (Lipinski definition) is 9. The Morgan fingerprint density at radius 3 is 0.949 bits per heavy atom. The Labute approximate surface area is 568 Å². The minimum absolute atomic E-state index is 0.272. The standard InChI is InChI=1S/3C24H27N7O2/c3*1-24(33)9-3-6-19(24)29-23(32)16-12-27-31-20(25-2)11-18(28-22(16)31)17-13-30(14-7-8-14)21-15(17)5-4-10-26-21/h3*4-5,10-14,19,25,33H,3,6-9H2,1-2H3,(H,29,32)/t19?,24-;2*19-,24-/m010/s1. The molecule has 12 heterocycles. The molecule has 0 bridgehead atoms. The maximum atomic E-state index is 13.2. The van der Waals surface area contributed by atoms with Gasteiger partial charge in [-0.15, -0.1) is 0 Å².